The molecule has 1 aromatic carbocycles. The quantitative estimate of drug-likeness (QED) is 0.867. The van der Waals surface area contributed by atoms with Gasteiger partial charge >= 0.3 is 0 Å². The van der Waals surface area contributed by atoms with Gasteiger partial charge in [-0.3, -0.25) is 0 Å². The van der Waals surface area contributed by atoms with Gasteiger partial charge in [0.2, 0.25) is 0 Å². The highest BCUT2D eigenvalue weighted by Gasteiger charge is 2.24. The first-order valence-electron chi connectivity index (χ1n) is 5.98. The van der Waals surface area contributed by atoms with Crippen molar-refractivity contribution >= 4 is 5.69 Å². The second kappa shape index (κ2) is 5.50. The summed E-state index contributed by atoms with van der Waals surface area (Å²) in [5.74, 6) is -0.192. The normalized spacial score (nSPS) is 13.5. The topological polar surface area (TPSA) is 15.3 Å². The van der Waals surface area contributed by atoms with Crippen LogP contribution in [0.3, 0.4) is 0 Å². The van der Waals surface area contributed by atoms with Gasteiger partial charge < -0.3 is 10.2 Å². The molecule has 0 aliphatic carbocycles. The molecule has 0 spiro atoms. The molecule has 0 saturated heterocycles. The Hall–Kier alpha value is -1.09. The summed E-state index contributed by atoms with van der Waals surface area (Å²) >= 11 is 0. The second-order valence-corrected chi connectivity index (χ2v) is 5.56. The van der Waals surface area contributed by atoms with Gasteiger partial charge in [0, 0.05) is 25.3 Å². The van der Waals surface area contributed by atoms with E-state index in [4.69, 9.17) is 0 Å². The summed E-state index contributed by atoms with van der Waals surface area (Å²) in [4.78, 5) is 2.14. The molecule has 0 aliphatic rings. The van der Waals surface area contributed by atoms with E-state index in [2.05, 4.69) is 31.0 Å². The highest BCUT2D eigenvalue weighted by atomic mass is 19.1. The third kappa shape index (κ3) is 4.00. The number of rotatable bonds is 4. The van der Waals surface area contributed by atoms with Crippen LogP contribution in [0.2, 0.25) is 0 Å². The lowest BCUT2D eigenvalue weighted by atomic mass is 9.86. The molecule has 0 amide bonds. The van der Waals surface area contributed by atoms with E-state index in [9.17, 15) is 4.39 Å². The zero-order valence-electron chi connectivity index (χ0n) is 11.4. The largest absolute Gasteiger partial charge is 0.373 e. The lowest BCUT2D eigenvalue weighted by molar-refractivity contribution is 0.285. The third-order valence-electron chi connectivity index (χ3n) is 3.12. The number of nitrogens with one attached hydrogen (secondary N) is 1. The van der Waals surface area contributed by atoms with Gasteiger partial charge in [-0.15, -0.1) is 0 Å². The Bertz CT molecular complexity index is 340. The molecule has 0 heterocycles. The molecule has 0 fully saturated rings. The van der Waals surface area contributed by atoms with Gasteiger partial charge in [0.05, 0.1) is 0 Å². The summed E-state index contributed by atoms with van der Waals surface area (Å²) < 4.78 is 12.8. The molecule has 0 aromatic heterocycles. The van der Waals surface area contributed by atoms with E-state index >= 15 is 0 Å². The van der Waals surface area contributed by atoms with Gasteiger partial charge in [-0.1, -0.05) is 20.8 Å². The Balaban J connectivity index is 2.71. The van der Waals surface area contributed by atoms with Crippen LogP contribution in [0.25, 0.3) is 0 Å². The summed E-state index contributed by atoms with van der Waals surface area (Å²) in [7, 11) is 4.01. The molecular formula is C14H23FN2. The minimum atomic E-state index is -0.192. The first-order chi connectivity index (χ1) is 7.84. The maximum absolute atomic E-state index is 12.8. The van der Waals surface area contributed by atoms with Gasteiger partial charge in [0.25, 0.3) is 0 Å². The standard InChI is InChI=1S/C14H23FN2/c1-14(2,3)13(16-4)10-17(5)12-8-6-11(15)7-9-12/h6-9,13,16H,10H2,1-5H3. The van der Waals surface area contributed by atoms with Crippen molar-refractivity contribution in [1.29, 1.82) is 0 Å². The van der Waals surface area contributed by atoms with Crippen molar-refractivity contribution in [2.75, 3.05) is 25.5 Å². The SMILES string of the molecule is CNC(CN(C)c1ccc(F)cc1)C(C)(C)C. The van der Waals surface area contributed by atoms with Crippen molar-refractivity contribution in [3.63, 3.8) is 0 Å². The molecule has 1 rings (SSSR count). The highest BCUT2D eigenvalue weighted by Crippen LogP contribution is 2.21. The maximum Gasteiger partial charge on any atom is 0.123 e. The van der Waals surface area contributed by atoms with Crippen molar-refractivity contribution in [2.24, 2.45) is 5.41 Å². The number of likely N-dealkylation sites (N-methyl/N-ethyl adjacent to an activating group) is 2. The van der Waals surface area contributed by atoms with Crippen molar-refractivity contribution in [1.82, 2.24) is 5.32 Å². The molecule has 96 valence electrons. The zero-order chi connectivity index (χ0) is 13.1. The molecule has 1 N–H and O–H groups in total. The summed E-state index contributed by atoms with van der Waals surface area (Å²) in [5, 5.41) is 3.34. The second-order valence-electron chi connectivity index (χ2n) is 5.56. The van der Waals surface area contributed by atoms with E-state index in [-0.39, 0.29) is 11.2 Å². The van der Waals surface area contributed by atoms with Gasteiger partial charge in [-0.2, -0.15) is 0 Å². The predicted molar refractivity (Wildman–Crippen MR) is 72.0 cm³/mol. The van der Waals surface area contributed by atoms with Crippen molar-refractivity contribution < 1.29 is 4.39 Å². The van der Waals surface area contributed by atoms with E-state index < -0.39 is 0 Å². The smallest absolute Gasteiger partial charge is 0.123 e. The first-order valence-corrected chi connectivity index (χ1v) is 5.98. The van der Waals surface area contributed by atoms with E-state index in [0.29, 0.717) is 6.04 Å². The Morgan fingerprint density at radius 3 is 2.18 bits per heavy atom. The fraction of sp³-hybridized carbons (Fsp3) is 0.571. The Morgan fingerprint density at radius 1 is 1.24 bits per heavy atom. The van der Waals surface area contributed by atoms with Crippen molar-refractivity contribution in [3.8, 4) is 0 Å². The lowest BCUT2D eigenvalue weighted by Gasteiger charge is -2.34. The number of halogens is 1. The van der Waals surface area contributed by atoms with Gasteiger partial charge in [0.1, 0.15) is 5.82 Å². The maximum atomic E-state index is 12.8. The summed E-state index contributed by atoms with van der Waals surface area (Å²) in [6.07, 6.45) is 0. The lowest BCUT2D eigenvalue weighted by Crippen LogP contribution is -2.46. The summed E-state index contributed by atoms with van der Waals surface area (Å²) in [6.45, 7) is 7.54. The number of benzene rings is 1. The molecule has 1 unspecified atom stereocenters. The van der Waals surface area contributed by atoms with Crippen LogP contribution in [-0.4, -0.2) is 26.7 Å². The third-order valence-corrected chi connectivity index (χ3v) is 3.12. The molecule has 3 heteroatoms. The first kappa shape index (κ1) is 14.0. The summed E-state index contributed by atoms with van der Waals surface area (Å²) in [5.41, 5.74) is 1.24. The molecule has 0 saturated carbocycles. The molecular weight excluding hydrogens is 215 g/mol. The van der Waals surface area contributed by atoms with Crippen LogP contribution in [0, 0.1) is 11.2 Å². The van der Waals surface area contributed by atoms with Gasteiger partial charge in [0.15, 0.2) is 0 Å². The Morgan fingerprint density at radius 2 is 1.76 bits per heavy atom. The monoisotopic (exact) mass is 238 g/mol. The zero-order valence-corrected chi connectivity index (χ0v) is 11.4. The van der Waals surface area contributed by atoms with Crippen LogP contribution in [0.1, 0.15) is 20.8 Å². The Kier molecular flexibility index (Phi) is 4.52. The molecule has 0 aliphatic heterocycles. The predicted octanol–water partition coefficient (Wildman–Crippen LogP) is 2.90. The molecule has 1 aromatic rings. The fourth-order valence-corrected chi connectivity index (χ4v) is 1.87. The average molecular weight is 238 g/mol. The molecule has 1 atom stereocenters. The van der Waals surface area contributed by atoms with Crippen LogP contribution in [0.5, 0.6) is 0 Å². The van der Waals surface area contributed by atoms with Crippen LogP contribution < -0.4 is 10.2 Å². The van der Waals surface area contributed by atoms with Crippen LogP contribution in [0.4, 0.5) is 10.1 Å². The van der Waals surface area contributed by atoms with E-state index in [0.717, 1.165) is 12.2 Å². The highest BCUT2D eigenvalue weighted by molar-refractivity contribution is 5.45. The van der Waals surface area contributed by atoms with Gasteiger partial charge in [-0.25, -0.2) is 4.39 Å². The van der Waals surface area contributed by atoms with E-state index in [1.165, 1.54) is 12.1 Å². The van der Waals surface area contributed by atoms with Gasteiger partial charge in [-0.05, 0) is 36.7 Å². The average Bonchev–Trinajstić information content (AvgIpc) is 2.24. The number of hydrogen-bond donors (Lipinski definition) is 1. The van der Waals surface area contributed by atoms with Crippen molar-refractivity contribution in [3.05, 3.63) is 30.1 Å². The van der Waals surface area contributed by atoms with Crippen LogP contribution >= 0.6 is 0 Å². The summed E-state index contributed by atoms with van der Waals surface area (Å²) in [6, 6.07) is 7.00. The van der Waals surface area contributed by atoms with E-state index in [1.54, 1.807) is 0 Å². The van der Waals surface area contributed by atoms with Crippen LogP contribution in [-0.2, 0) is 0 Å². The minimum Gasteiger partial charge on any atom is -0.373 e. The Labute approximate surface area is 104 Å². The molecule has 2 nitrogen and oxygen atoms in total. The number of anilines is 1. The minimum absolute atomic E-state index is 0.192. The van der Waals surface area contributed by atoms with Crippen LogP contribution in [0.15, 0.2) is 24.3 Å². The fourth-order valence-electron chi connectivity index (χ4n) is 1.87. The van der Waals surface area contributed by atoms with E-state index in [1.807, 2.05) is 26.2 Å². The van der Waals surface area contributed by atoms with Crippen molar-refractivity contribution in [2.45, 2.75) is 26.8 Å². The molecule has 17 heavy (non-hydrogen) atoms. The number of nitrogens with zero attached hydrogens (tertiary/aromatic N) is 1. The number of hydrogen-bond acceptors (Lipinski definition) is 2. The molecule has 0 radical (unpaired) electrons. The molecule has 0 bridgehead atoms.